The van der Waals surface area contributed by atoms with Gasteiger partial charge in [-0.1, -0.05) is 12.1 Å². The number of ether oxygens (including phenoxy) is 3. The second kappa shape index (κ2) is 9.92. The van der Waals surface area contributed by atoms with Crippen LogP contribution in [0.3, 0.4) is 0 Å². The first-order chi connectivity index (χ1) is 16.3. The Balaban J connectivity index is 2.11. The summed E-state index contributed by atoms with van der Waals surface area (Å²) in [4.78, 5) is 36.1. The third-order valence-corrected chi connectivity index (χ3v) is 5.19. The van der Waals surface area contributed by atoms with Crippen molar-refractivity contribution in [2.24, 2.45) is 7.05 Å². The van der Waals surface area contributed by atoms with Crippen molar-refractivity contribution in [1.82, 2.24) is 9.13 Å². The summed E-state index contributed by atoms with van der Waals surface area (Å²) in [5.74, 6) is -2.84. The first-order valence-corrected chi connectivity index (χ1v) is 10.2. The maximum absolute atomic E-state index is 14.7. The van der Waals surface area contributed by atoms with Gasteiger partial charge in [0.05, 0.1) is 10.2 Å². The van der Waals surface area contributed by atoms with Crippen molar-refractivity contribution in [3.63, 3.8) is 0 Å². The Morgan fingerprint density at radius 3 is 2.29 bits per heavy atom. The molecule has 35 heavy (non-hydrogen) atoms. The van der Waals surface area contributed by atoms with Crippen molar-refractivity contribution in [3.05, 3.63) is 79.3 Å². The summed E-state index contributed by atoms with van der Waals surface area (Å²) < 4.78 is 70.2. The number of carbonyl (C=O) groups is 1. The first kappa shape index (κ1) is 26.0. The fourth-order valence-electron chi connectivity index (χ4n) is 2.95. The molecule has 14 heteroatoms. The van der Waals surface area contributed by atoms with Crippen molar-refractivity contribution in [2.45, 2.75) is 12.5 Å². The molecule has 1 aromatic heterocycles. The smallest absolute Gasteiger partial charge is 0.431 e. The Kier molecular flexibility index (Phi) is 7.36. The van der Waals surface area contributed by atoms with Gasteiger partial charge in [0, 0.05) is 26.3 Å². The molecular weight excluding hydrogens is 548 g/mol. The molecule has 0 radical (unpaired) electrons. The monoisotopic (exact) mass is 562 g/mol. The zero-order chi connectivity index (χ0) is 26.1. The van der Waals surface area contributed by atoms with Crippen molar-refractivity contribution < 1.29 is 41.7 Å². The van der Waals surface area contributed by atoms with E-state index >= 15 is 0 Å². The van der Waals surface area contributed by atoms with Crippen molar-refractivity contribution >= 4 is 21.9 Å². The van der Waals surface area contributed by atoms with Crippen LogP contribution in [0.1, 0.15) is 5.69 Å². The summed E-state index contributed by atoms with van der Waals surface area (Å²) in [5.41, 5.74) is -5.04. The van der Waals surface area contributed by atoms with E-state index in [4.69, 9.17) is 19.3 Å². The number of alkyl halides is 3. The molecule has 0 amide bonds. The summed E-state index contributed by atoms with van der Waals surface area (Å²) in [6, 6.07) is 7.68. The van der Waals surface area contributed by atoms with Gasteiger partial charge in [0.15, 0.2) is 11.5 Å². The molecule has 0 bridgehead atoms. The lowest BCUT2D eigenvalue weighted by Gasteiger charge is -2.18. The Morgan fingerprint density at radius 1 is 1.09 bits per heavy atom. The van der Waals surface area contributed by atoms with Crippen LogP contribution in [0, 0.1) is 5.82 Å². The van der Waals surface area contributed by atoms with Gasteiger partial charge >= 0.3 is 17.8 Å². The average Bonchev–Trinajstić information content (AvgIpc) is 2.77. The molecular formula is C21H15BrF4N2O7. The predicted octanol–water partition coefficient (Wildman–Crippen LogP) is 3.68. The zero-order valence-corrected chi connectivity index (χ0v) is 19.4. The van der Waals surface area contributed by atoms with Crippen LogP contribution >= 0.6 is 15.9 Å². The Bertz CT molecular complexity index is 1400. The largest absolute Gasteiger partial charge is 0.477 e. The summed E-state index contributed by atoms with van der Waals surface area (Å²) in [7, 11) is 1.89. The zero-order valence-electron chi connectivity index (χ0n) is 17.8. The van der Waals surface area contributed by atoms with E-state index in [0.717, 1.165) is 26.3 Å². The van der Waals surface area contributed by atoms with Gasteiger partial charge in [-0.05, 0) is 34.1 Å². The maximum atomic E-state index is 14.7. The number of aromatic nitrogens is 2. The van der Waals surface area contributed by atoms with Crippen LogP contribution in [0.4, 0.5) is 17.6 Å². The SMILES string of the molecule is COC(Oc1ccccc1Oc1cc(-n2c(=O)cc(C(F)(F)F)n(C)c2=O)c(F)cc1Br)C(=O)O. The van der Waals surface area contributed by atoms with Gasteiger partial charge in [0.1, 0.15) is 17.3 Å². The molecule has 2 aromatic carbocycles. The second-order valence-corrected chi connectivity index (χ2v) is 7.70. The quantitative estimate of drug-likeness (QED) is 0.345. The molecule has 1 atom stereocenters. The molecule has 0 saturated heterocycles. The number of carboxylic acid groups (broad SMARTS) is 1. The van der Waals surface area contributed by atoms with Crippen LogP contribution < -0.4 is 20.7 Å². The Labute approximate surface area is 201 Å². The Morgan fingerprint density at radius 2 is 1.71 bits per heavy atom. The third kappa shape index (κ3) is 5.38. The average molecular weight is 563 g/mol. The van der Waals surface area contributed by atoms with Crippen LogP contribution in [0.2, 0.25) is 0 Å². The minimum Gasteiger partial charge on any atom is -0.477 e. The number of carboxylic acids is 1. The van der Waals surface area contributed by atoms with Crippen LogP contribution in [-0.4, -0.2) is 33.6 Å². The number of aliphatic carboxylic acids is 1. The molecule has 0 aliphatic heterocycles. The number of methoxy groups -OCH3 is 1. The van der Waals surface area contributed by atoms with Gasteiger partial charge < -0.3 is 19.3 Å². The van der Waals surface area contributed by atoms with Gasteiger partial charge in [-0.3, -0.25) is 9.36 Å². The summed E-state index contributed by atoms with van der Waals surface area (Å²) in [6.07, 6.45) is -6.67. The Hall–Kier alpha value is -3.65. The van der Waals surface area contributed by atoms with Crippen LogP contribution in [0.5, 0.6) is 17.2 Å². The molecule has 0 saturated carbocycles. The van der Waals surface area contributed by atoms with Crippen LogP contribution in [0.25, 0.3) is 5.69 Å². The molecule has 0 aliphatic carbocycles. The fraction of sp³-hybridized carbons (Fsp3) is 0.190. The van der Waals surface area contributed by atoms with E-state index in [1.54, 1.807) is 0 Å². The highest BCUT2D eigenvalue weighted by Gasteiger charge is 2.35. The van der Waals surface area contributed by atoms with Gasteiger partial charge in [0.25, 0.3) is 11.8 Å². The summed E-state index contributed by atoms with van der Waals surface area (Å²) in [6.45, 7) is 0. The van der Waals surface area contributed by atoms with Gasteiger partial charge in [-0.25, -0.2) is 18.5 Å². The van der Waals surface area contributed by atoms with E-state index < -0.39 is 46.9 Å². The number of rotatable bonds is 7. The van der Waals surface area contributed by atoms with Gasteiger partial charge in [0.2, 0.25) is 0 Å². The number of halogens is 5. The van der Waals surface area contributed by atoms with E-state index in [1.165, 1.54) is 24.3 Å². The lowest BCUT2D eigenvalue weighted by atomic mass is 10.2. The van der Waals surface area contributed by atoms with E-state index in [0.29, 0.717) is 0 Å². The van der Waals surface area contributed by atoms with Crippen molar-refractivity contribution in [2.75, 3.05) is 7.11 Å². The molecule has 1 heterocycles. The molecule has 1 unspecified atom stereocenters. The number of benzene rings is 2. The lowest BCUT2D eigenvalue weighted by Crippen LogP contribution is -2.41. The minimum absolute atomic E-state index is 0.00636. The van der Waals surface area contributed by atoms with Crippen molar-refractivity contribution in [1.29, 1.82) is 0 Å². The molecule has 1 N–H and O–H groups in total. The molecule has 3 aromatic rings. The highest BCUT2D eigenvalue weighted by atomic mass is 79.9. The molecule has 3 rings (SSSR count). The summed E-state index contributed by atoms with van der Waals surface area (Å²) in [5, 5.41) is 9.12. The second-order valence-electron chi connectivity index (χ2n) is 6.85. The summed E-state index contributed by atoms with van der Waals surface area (Å²) >= 11 is 3.07. The highest BCUT2D eigenvalue weighted by Crippen LogP contribution is 2.37. The third-order valence-electron chi connectivity index (χ3n) is 4.57. The first-order valence-electron chi connectivity index (χ1n) is 9.44. The normalized spacial score (nSPS) is 12.3. The van der Waals surface area contributed by atoms with Gasteiger partial charge in [-0.15, -0.1) is 0 Å². The lowest BCUT2D eigenvalue weighted by molar-refractivity contribution is -0.166. The number of hydrogen-bond donors (Lipinski definition) is 1. The minimum atomic E-state index is -4.99. The number of para-hydroxylation sites is 2. The van der Waals surface area contributed by atoms with Crippen molar-refractivity contribution in [3.8, 4) is 22.9 Å². The molecule has 0 fully saturated rings. The maximum Gasteiger partial charge on any atom is 0.431 e. The number of nitrogens with zero attached hydrogens (tertiary/aromatic N) is 2. The molecule has 186 valence electrons. The molecule has 0 spiro atoms. The van der Waals surface area contributed by atoms with Crippen LogP contribution in [0.15, 0.2) is 56.5 Å². The van der Waals surface area contributed by atoms with E-state index in [1.807, 2.05) is 0 Å². The standard InChI is InChI=1S/C21H15BrF4N2O7/c1-27-16(21(24,25)26)9-17(29)28(20(27)32)12-8-15(10(22)7-11(12)23)34-13-5-3-4-6-14(13)35-19(33-2)18(30)31/h3-9,19H,1-2H3,(H,30,31). The molecule has 0 aliphatic rings. The highest BCUT2D eigenvalue weighted by molar-refractivity contribution is 9.10. The topological polar surface area (TPSA) is 109 Å². The van der Waals surface area contributed by atoms with E-state index in [2.05, 4.69) is 15.9 Å². The van der Waals surface area contributed by atoms with E-state index in [-0.39, 0.29) is 36.9 Å². The molecule has 9 nitrogen and oxygen atoms in total. The van der Waals surface area contributed by atoms with Gasteiger partial charge in [-0.2, -0.15) is 13.2 Å². The number of hydrogen-bond acceptors (Lipinski definition) is 6. The van der Waals surface area contributed by atoms with Crippen LogP contribution in [-0.2, 0) is 22.8 Å². The fourth-order valence-corrected chi connectivity index (χ4v) is 3.35. The predicted molar refractivity (Wildman–Crippen MR) is 116 cm³/mol. The van der Waals surface area contributed by atoms with E-state index in [9.17, 15) is 31.9 Å².